The molecule has 1 aromatic rings. The van der Waals surface area contributed by atoms with Crippen molar-refractivity contribution < 1.29 is 8.42 Å². The normalized spacial score (nSPS) is 11.0. The van der Waals surface area contributed by atoms with E-state index in [0.29, 0.717) is 5.69 Å². The van der Waals surface area contributed by atoms with Gasteiger partial charge in [0, 0.05) is 7.05 Å². The van der Waals surface area contributed by atoms with Crippen LogP contribution in [-0.2, 0) is 10.0 Å². The van der Waals surface area contributed by atoms with Crippen LogP contribution in [-0.4, -0.2) is 26.2 Å². The summed E-state index contributed by atoms with van der Waals surface area (Å²) in [6.07, 6.45) is 0. The molecule has 0 aliphatic heterocycles. The molecule has 1 rings (SSSR count). The predicted octanol–water partition coefficient (Wildman–Crippen LogP) is 0.739. The summed E-state index contributed by atoms with van der Waals surface area (Å²) >= 11 is 4.58. The molecule has 0 aliphatic rings. The molecule has 4 nitrogen and oxygen atoms in total. The zero-order valence-corrected chi connectivity index (χ0v) is 9.88. The molecule has 0 aromatic heterocycles. The molecule has 15 heavy (non-hydrogen) atoms. The Kier molecular flexibility index (Phi) is 3.65. The van der Waals surface area contributed by atoms with Gasteiger partial charge in [0.2, 0.25) is 10.0 Å². The number of anilines is 1. The van der Waals surface area contributed by atoms with Crippen LogP contribution >= 0.6 is 12.2 Å². The molecule has 1 aromatic carbocycles. The largest absolute Gasteiger partial charge is 0.392 e. The Bertz CT molecular complexity index is 442. The van der Waals surface area contributed by atoms with Gasteiger partial charge in [-0.25, -0.2) is 8.42 Å². The van der Waals surface area contributed by atoms with E-state index >= 15 is 0 Å². The fraction of sp³-hybridized carbons (Fsp3) is 0.222. The Balaban J connectivity index is 2.95. The van der Waals surface area contributed by atoms with Crippen LogP contribution in [0, 0.1) is 0 Å². The summed E-state index contributed by atoms with van der Waals surface area (Å²) in [6, 6.07) is 8.76. The molecule has 0 radical (unpaired) electrons. The van der Waals surface area contributed by atoms with Crippen molar-refractivity contribution in [2.45, 2.75) is 0 Å². The van der Waals surface area contributed by atoms with Gasteiger partial charge in [0.25, 0.3) is 0 Å². The number of nitrogens with two attached hydrogens (primary N) is 1. The Morgan fingerprint density at radius 2 is 1.93 bits per heavy atom. The number of thiocarbonyl (C=S) groups is 1. The van der Waals surface area contributed by atoms with Crippen LogP contribution in [0.1, 0.15) is 0 Å². The van der Waals surface area contributed by atoms with Gasteiger partial charge in [-0.05, 0) is 12.1 Å². The summed E-state index contributed by atoms with van der Waals surface area (Å²) in [6.45, 7) is 0. The first kappa shape index (κ1) is 11.9. The second-order valence-corrected chi connectivity index (χ2v) is 5.55. The molecule has 0 aliphatic carbocycles. The molecule has 6 heteroatoms. The van der Waals surface area contributed by atoms with E-state index in [1.165, 1.54) is 11.4 Å². The van der Waals surface area contributed by atoms with Gasteiger partial charge in [-0.3, -0.25) is 4.31 Å². The molecule has 0 fully saturated rings. The maximum atomic E-state index is 11.7. The van der Waals surface area contributed by atoms with Crippen LogP contribution in [0.3, 0.4) is 0 Å². The average Bonchev–Trinajstić information content (AvgIpc) is 2.16. The van der Waals surface area contributed by atoms with Crippen molar-refractivity contribution in [2.75, 3.05) is 17.1 Å². The molecule has 0 spiro atoms. The number of para-hydroxylation sites is 1. The van der Waals surface area contributed by atoms with Crippen molar-refractivity contribution in [2.24, 2.45) is 5.73 Å². The van der Waals surface area contributed by atoms with E-state index in [-0.39, 0.29) is 10.7 Å². The molecule has 0 heterocycles. The van der Waals surface area contributed by atoms with Crippen molar-refractivity contribution in [3.05, 3.63) is 30.3 Å². The van der Waals surface area contributed by atoms with Gasteiger partial charge < -0.3 is 5.73 Å². The smallest absolute Gasteiger partial charge is 0.241 e. The van der Waals surface area contributed by atoms with Crippen LogP contribution in [0.4, 0.5) is 5.69 Å². The number of sulfonamides is 1. The summed E-state index contributed by atoms with van der Waals surface area (Å²) in [5.41, 5.74) is 5.81. The summed E-state index contributed by atoms with van der Waals surface area (Å²) in [7, 11) is -1.97. The number of benzene rings is 1. The zero-order valence-electron chi connectivity index (χ0n) is 8.25. The number of hydrogen-bond acceptors (Lipinski definition) is 3. The second kappa shape index (κ2) is 4.59. The summed E-state index contributed by atoms with van der Waals surface area (Å²) < 4.78 is 24.6. The third kappa shape index (κ3) is 3.17. The monoisotopic (exact) mass is 244 g/mol. The van der Waals surface area contributed by atoms with E-state index in [1.54, 1.807) is 24.3 Å². The zero-order chi connectivity index (χ0) is 11.5. The van der Waals surface area contributed by atoms with Crippen molar-refractivity contribution in [1.82, 2.24) is 0 Å². The Hall–Kier alpha value is -1.14. The van der Waals surface area contributed by atoms with Gasteiger partial charge in [-0.2, -0.15) is 0 Å². The van der Waals surface area contributed by atoms with E-state index in [9.17, 15) is 8.42 Å². The maximum Gasteiger partial charge on any atom is 0.241 e. The molecule has 2 N–H and O–H groups in total. The topological polar surface area (TPSA) is 63.4 Å². The Morgan fingerprint density at radius 1 is 1.40 bits per heavy atom. The minimum absolute atomic E-state index is 0.0298. The molecule has 0 saturated carbocycles. The van der Waals surface area contributed by atoms with Gasteiger partial charge >= 0.3 is 0 Å². The Labute approximate surface area is 94.7 Å². The van der Waals surface area contributed by atoms with E-state index in [1.807, 2.05) is 6.07 Å². The van der Waals surface area contributed by atoms with Gasteiger partial charge in [0.05, 0.1) is 10.7 Å². The van der Waals surface area contributed by atoms with E-state index in [2.05, 4.69) is 12.2 Å². The molecule has 0 amide bonds. The first-order valence-corrected chi connectivity index (χ1v) is 6.25. The molecule has 82 valence electrons. The van der Waals surface area contributed by atoms with Crippen LogP contribution in [0.5, 0.6) is 0 Å². The minimum atomic E-state index is -3.45. The first-order chi connectivity index (χ1) is 6.93. The highest BCUT2D eigenvalue weighted by Crippen LogP contribution is 2.14. The summed E-state index contributed by atoms with van der Waals surface area (Å²) in [4.78, 5) is -0.0298. The van der Waals surface area contributed by atoms with Crippen LogP contribution in [0.25, 0.3) is 0 Å². The summed E-state index contributed by atoms with van der Waals surface area (Å²) in [5, 5.41) is 0. The average molecular weight is 244 g/mol. The molecule has 0 unspecified atom stereocenters. The highest BCUT2D eigenvalue weighted by Gasteiger charge is 2.18. The van der Waals surface area contributed by atoms with Crippen LogP contribution in [0.2, 0.25) is 0 Å². The number of rotatable bonds is 4. The Morgan fingerprint density at radius 3 is 2.40 bits per heavy atom. The predicted molar refractivity (Wildman–Crippen MR) is 65.4 cm³/mol. The molecular weight excluding hydrogens is 232 g/mol. The van der Waals surface area contributed by atoms with Gasteiger partial charge in [0.15, 0.2) is 0 Å². The van der Waals surface area contributed by atoms with Crippen LogP contribution in [0.15, 0.2) is 30.3 Å². The van der Waals surface area contributed by atoms with E-state index < -0.39 is 10.0 Å². The molecule has 0 bridgehead atoms. The highest BCUT2D eigenvalue weighted by atomic mass is 32.2. The molecule has 0 saturated heterocycles. The van der Waals surface area contributed by atoms with Crippen molar-refractivity contribution in [1.29, 1.82) is 0 Å². The SMILES string of the molecule is CN(c1ccccc1)S(=O)(=O)CC(N)=S. The second-order valence-electron chi connectivity index (χ2n) is 3.03. The molecular formula is C9H12N2O2S2. The van der Waals surface area contributed by atoms with Crippen molar-refractivity contribution in [3.8, 4) is 0 Å². The first-order valence-electron chi connectivity index (χ1n) is 4.23. The highest BCUT2D eigenvalue weighted by molar-refractivity contribution is 7.95. The summed E-state index contributed by atoms with van der Waals surface area (Å²) in [5.74, 6) is -0.312. The van der Waals surface area contributed by atoms with Crippen LogP contribution < -0.4 is 10.0 Å². The van der Waals surface area contributed by atoms with Crippen molar-refractivity contribution >= 4 is 32.9 Å². The lowest BCUT2D eigenvalue weighted by Gasteiger charge is -2.18. The fourth-order valence-corrected chi connectivity index (χ4v) is 2.52. The number of nitrogens with zero attached hydrogens (tertiary/aromatic N) is 1. The van der Waals surface area contributed by atoms with Gasteiger partial charge in [-0.15, -0.1) is 0 Å². The minimum Gasteiger partial charge on any atom is -0.392 e. The quantitative estimate of drug-likeness (QED) is 0.793. The van der Waals surface area contributed by atoms with E-state index in [4.69, 9.17) is 5.73 Å². The standard InChI is InChI=1S/C9H12N2O2S2/c1-11(8-5-3-2-4-6-8)15(12,13)7-9(10)14/h2-6H,7H2,1H3,(H2,10,14). The lowest BCUT2D eigenvalue weighted by Crippen LogP contribution is -2.34. The maximum absolute atomic E-state index is 11.7. The van der Waals surface area contributed by atoms with Gasteiger partial charge in [0.1, 0.15) is 5.75 Å². The lowest BCUT2D eigenvalue weighted by atomic mass is 10.3. The van der Waals surface area contributed by atoms with Gasteiger partial charge in [-0.1, -0.05) is 30.4 Å². The molecule has 0 atom stereocenters. The third-order valence-corrected chi connectivity index (χ3v) is 3.91. The fourth-order valence-electron chi connectivity index (χ4n) is 1.08. The lowest BCUT2D eigenvalue weighted by molar-refractivity contribution is 0.598. The third-order valence-electron chi connectivity index (χ3n) is 1.86. The number of hydrogen-bond donors (Lipinski definition) is 1. The van der Waals surface area contributed by atoms with Crippen molar-refractivity contribution in [3.63, 3.8) is 0 Å². The van der Waals surface area contributed by atoms with E-state index in [0.717, 1.165) is 0 Å².